The molecule has 7 nitrogen and oxygen atoms in total. The van der Waals surface area contributed by atoms with Crippen molar-refractivity contribution in [2.24, 2.45) is 0 Å². The summed E-state index contributed by atoms with van der Waals surface area (Å²) in [5.74, 6) is -0.741. The Bertz CT molecular complexity index is 1250. The van der Waals surface area contributed by atoms with Gasteiger partial charge in [-0.2, -0.15) is 0 Å². The molecule has 2 aromatic carbocycles. The van der Waals surface area contributed by atoms with E-state index in [9.17, 15) is 18.0 Å². The van der Waals surface area contributed by atoms with E-state index in [-0.39, 0.29) is 18.5 Å². The second-order valence-electron chi connectivity index (χ2n) is 9.73. The van der Waals surface area contributed by atoms with Gasteiger partial charge in [0.2, 0.25) is 21.8 Å². The molecule has 0 spiro atoms. The summed E-state index contributed by atoms with van der Waals surface area (Å²) in [7, 11) is -3.80. The average molecular weight is 569 g/mol. The highest BCUT2D eigenvalue weighted by molar-refractivity contribution is 7.92. The number of anilines is 1. The van der Waals surface area contributed by atoms with Gasteiger partial charge < -0.3 is 10.2 Å². The molecule has 2 aromatic rings. The van der Waals surface area contributed by atoms with Gasteiger partial charge in [-0.3, -0.25) is 13.9 Å². The van der Waals surface area contributed by atoms with Crippen LogP contribution in [0.15, 0.2) is 36.4 Å². The van der Waals surface area contributed by atoms with Crippen molar-refractivity contribution in [1.82, 2.24) is 10.2 Å². The third-order valence-corrected chi connectivity index (χ3v) is 8.46. The summed E-state index contributed by atoms with van der Waals surface area (Å²) in [5, 5.41) is 3.91. The molecule has 1 saturated carbocycles. The van der Waals surface area contributed by atoms with E-state index in [4.69, 9.17) is 23.2 Å². The maximum Gasteiger partial charge on any atom is 0.244 e. The largest absolute Gasteiger partial charge is 0.352 e. The Morgan fingerprint density at radius 3 is 2.32 bits per heavy atom. The molecule has 0 aliphatic heterocycles. The van der Waals surface area contributed by atoms with E-state index in [0.29, 0.717) is 27.7 Å². The van der Waals surface area contributed by atoms with Gasteiger partial charge in [-0.15, -0.1) is 0 Å². The molecule has 0 heterocycles. The predicted octanol–water partition coefficient (Wildman–Crippen LogP) is 5.24. The van der Waals surface area contributed by atoms with Gasteiger partial charge in [0.05, 0.1) is 11.9 Å². The third-order valence-electron chi connectivity index (χ3n) is 6.74. The second kappa shape index (κ2) is 12.5. The van der Waals surface area contributed by atoms with E-state index >= 15 is 0 Å². The zero-order chi connectivity index (χ0) is 27.3. The smallest absolute Gasteiger partial charge is 0.244 e. The Balaban J connectivity index is 1.97. The fourth-order valence-corrected chi connectivity index (χ4v) is 6.18. The molecule has 1 atom stereocenters. The second-order valence-corrected chi connectivity index (χ2v) is 12.5. The van der Waals surface area contributed by atoms with Crippen molar-refractivity contribution < 1.29 is 18.0 Å². The van der Waals surface area contributed by atoms with Crippen molar-refractivity contribution in [3.05, 3.63) is 63.1 Å². The zero-order valence-electron chi connectivity index (χ0n) is 21.8. The van der Waals surface area contributed by atoms with Crippen molar-refractivity contribution in [3.8, 4) is 0 Å². The number of nitrogens with one attached hydrogen (secondary N) is 1. The Hall–Kier alpha value is -2.29. The number of carbonyl (C=O) groups is 2. The first-order chi connectivity index (χ1) is 17.4. The highest BCUT2D eigenvalue weighted by Crippen LogP contribution is 2.27. The molecule has 0 unspecified atom stereocenters. The van der Waals surface area contributed by atoms with Gasteiger partial charge in [-0.05, 0) is 62.4 Å². The number of aryl methyl sites for hydroxylation is 2. The van der Waals surface area contributed by atoms with Gasteiger partial charge >= 0.3 is 0 Å². The van der Waals surface area contributed by atoms with E-state index in [1.165, 1.54) is 4.90 Å². The lowest BCUT2D eigenvalue weighted by Gasteiger charge is -2.34. The normalized spacial score (nSPS) is 14.9. The van der Waals surface area contributed by atoms with Crippen LogP contribution < -0.4 is 9.62 Å². The molecule has 1 N–H and O–H groups in total. The number of benzene rings is 2. The molecule has 1 aliphatic rings. The lowest BCUT2D eigenvalue weighted by atomic mass is 10.1. The van der Waals surface area contributed by atoms with Gasteiger partial charge in [0.15, 0.2) is 0 Å². The number of carbonyl (C=O) groups excluding carboxylic acids is 2. The summed E-state index contributed by atoms with van der Waals surface area (Å²) < 4.78 is 26.7. The summed E-state index contributed by atoms with van der Waals surface area (Å²) in [5.41, 5.74) is 2.75. The number of sulfonamides is 1. The summed E-state index contributed by atoms with van der Waals surface area (Å²) in [6.45, 7) is 5.15. The average Bonchev–Trinajstić information content (AvgIpc) is 3.31. The van der Waals surface area contributed by atoms with Crippen LogP contribution in [0.25, 0.3) is 0 Å². The Morgan fingerprint density at radius 2 is 1.76 bits per heavy atom. The summed E-state index contributed by atoms with van der Waals surface area (Å²) in [4.78, 5) is 28.6. The maximum absolute atomic E-state index is 13.8. The van der Waals surface area contributed by atoms with Crippen molar-refractivity contribution in [2.75, 3.05) is 17.1 Å². The fraction of sp³-hybridized carbons (Fsp3) is 0.481. The van der Waals surface area contributed by atoms with E-state index < -0.39 is 28.5 Å². The molecule has 10 heteroatoms. The van der Waals surface area contributed by atoms with E-state index in [0.717, 1.165) is 47.4 Å². The number of amides is 2. The number of nitrogens with zero attached hydrogens (tertiary/aromatic N) is 2. The van der Waals surface area contributed by atoms with Gasteiger partial charge in [0.25, 0.3) is 0 Å². The zero-order valence-corrected chi connectivity index (χ0v) is 24.1. The van der Waals surface area contributed by atoms with Crippen LogP contribution in [0, 0.1) is 13.8 Å². The minimum atomic E-state index is -3.80. The first-order valence-corrected chi connectivity index (χ1v) is 15.1. The topological polar surface area (TPSA) is 86.8 Å². The molecule has 1 fully saturated rings. The monoisotopic (exact) mass is 567 g/mol. The maximum atomic E-state index is 13.8. The van der Waals surface area contributed by atoms with E-state index in [1.54, 1.807) is 37.3 Å². The lowest BCUT2D eigenvalue weighted by molar-refractivity contribution is -0.140. The molecule has 0 bridgehead atoms. The van der Waals surface area contributed by atoms with Gasteiger partial charge in [-0.1, -0.05) is 66.7 Å². The van der Waals surface area contributed by atoms with Crippen LogP contribution in [0.5, 0.6) is 0 Å². The van der Waals surface area contributed by atoms with Crippen molar-refractivity contribution >= 4 is 50.7 Å². The Morgan fingerprint density at radius 1 is 1.08 bits per heavy atom. The van der Waals surface area contributed by atoms with Crippen LogP contribution in [-0.2, 0) is 26.2 Å². The first-order valence-electron chi connectivity index (χ1n) is 12.5. The lowest BCUT2D eigenvalue weighted by Crippen LogP contribution is -2.53. The Labute approximate surface area is 230 Å². The molecular formula is C27H35Cl2N3O4S. The predicted molar refractivity (Wildman–Crippen MR) is 150 cm³/mol. The standard InChI is InChI=1S/C27H35Cl2N3O4S/c1-5-24(27(34)30-22-8-6-7-9-22)31(16-20-11-12-21(28)15-23(20)29)26(33)17-32(37(4,35)36)25-13-10-18(2)14-19(25)3/h10-15,22,24H,5-9,16-17H2,1-4H3,(H,30,34)/t24-/m1/s1. The fourth-order valence-electron chi connectivity index (χ4n) is 4.80. The van der Waals surface area contributed by atoms with Crippen LogP contribution in [0.4, 0.5) is 5.69 Å². The van der Waals surface area contributed by atoms with E-state index in [1.807, 2.05) is 19.9 Å². The minimum absolute atomic E-state index is 0.0376. The summed E-state index contributed by atoms with van der Waals surface area (Å²) in [6.07, 6.45) is 5.37. The van der Waals surface area contributed by atoms with Gasteiger partial charge in [0.1, 0.15) is 12.6 Å². The van der Waals surface area contributed by atoms with Crippen molar-refractivity contribution in [1.29, 1.82) is 0 Å². The molecule has 3 rings (SSSR count). The highest BCUT2D eigenvalue weighted by Gasteiger charge is 2.33. The molecule has 0 radical (unpaired) electrons. The van der Waals surface area contributed by atoms with Crippen LogP contribution >= 0.6 is 23.2 Å². The molecular weight excluding hydrogens is 533 g/mol. The van der Waals surface area contributed by atoms with Gasteiger partial charge in [-0.25, -0.2) is 8.42 Å². The quantitative estimate of drug-likeness (QED) is 0.425. The van der Waals surface area contributed by atoms with Crippen molar-refractivity contribution in [2.45, 2.75) is 71.5 Å². The number of halogens is 2. The van der Waals surface area contributed by atoms with Crippen LogP contribution in [0.2, 0.25) is 10.0 Å². The molecule has 0 saturated heterocycles. The number of hydrogen-bond acceptors (Lipinski definition) is 4. The van der Waals surface area contributed by atoms with Crippen LogP contribution in [0.1, 0.15) is 55.7 Å². The molecule has 37 heavy (non-hydrogen) atoms. The highest BCUT2D eigenvalue weighted by atomic mass is 35.5. The number of hydrogen-bond donors (Lipinski definition) is 1. The van der Waals surface area contributed by atoms with Gasteiger partial charge in [0, 0.05) is 22.6 Å². The Kier molecular flexibility index (Phi) is 9.89. The third kappa shape index (κ3) is 7.62. The first kappa shape index (κ1) is 29.3. The van der Waals surface area contributed by atoms with Crippen LogP contribution in [0.3, 0.4) is 0 Å². The minimum Gasteiger partial charge on any atom is -0.352 e. The van der Waals surface area contributed by atoms with Crippen LogP contribution in [-0.4, -0.2) is 50.0 Å². The molecule has 0 aromatic heterocycles. The molecule has 2 amide bonds. The van der Waals surface area contributed by atoms with Crippen molar-refractivity contribution in [3.63, 3.8) is 0 Å². The molecule has 202 valence electrons. The summed E-state index contributed by atoms with van der Waals surface area (Å²) in [6, 6.07) is 9.63. The molecule has 1 aliphatic carbocycles. The summed E-state index contributed by atoms with van der Waals surface area (Å²) >= 11 is 12.5. The number of rotatable bonds is 10. The van der Waals surface area contributed by atoms with E-state index in [2.05, 4.69) is 5.32 Å². The SMILES string of the molecule is CC[C@H](C(=O)NC1CCCC1)N(Cc1ccc(Cl)cc1Cl)C(=O)CN(c1ccc(C)cc1C)S(C)(=O)=O.